The first kappa shape index (κ1) is 16.7. The van der Waals surface area contributed by atoms with Crippen molar-refractivity contribution in [2.75, 3.05) is 19.0 Å². The van der Waals surface area contributed by atoms with Gasteiger partial charge in [-0.25, -0.2) is 0 Å². The second kappa shape index (κ2) is 7.58. The highest BCUT2D eigenvalue weighted by molar-refractivity contribution is 6.42. The molecule has 4 nitrogen and oxygen atoms in total. The highest BCUT2D eigenvalue weighted by atomic mass is 35.5. The zero-order valence-electron chi connectivity index (χ0n) is 11.5. The van der Waals surface area contributed by atoms with Crippen molar-refractivity contribution in [3.63, 3.8) is 0 Å². The minimum absolute atomic E-state index is 0.205. The Morgan fingerprint density at radius 1 is 1.09 bits per heavy atom. The monoisotopic (exact) mass is 359 g/mol. The molecule has 2 aromatic rings. The summed E-state index contributed by atoms with van der Waals surface area (Å²) in [5.74, 6) is 0.524. The average Bonchev–Trinajstić information content (AvgIpc) is 2.49. The highest BCUT2D eigenvalue weighted by Crippen LogP contribution is 2.31. The van der Waals surface area contributed by atoms with Gasteiger partial charge in [-0.1, -0.05) is 40.9 Å². The summed E-state index contributed by atoms with van der Waals surface area (Å²) in [5.41, 5.74) is 0.539. The number of nitrogens with one attached hydrogen (secondary N) is 1. The molecule has 0 spiro atoms. The van der Waals surface area contributed by atoms with E-state index in [4.69, 9.17) is 44.3 Å². The first-order valence-corrected chi connectivity index (χ1v) is 7.35. The third-order valence-electron chi connectivity index (χ3n) is 2.71. The van der Waals surface area contributed by atoms with Gasteiger partial charge < -0.3 is 14.8 Å². The summed E-state index contributed by atoms with van der Waals surface area (Å²) in [6.07, 6.45) is 0. The van der Waals surface area contributed by atoms with Gasteiger partial charge in [0.05, 0.1) is 17.2 Å². The van der Waals surface area contributed by atoms with Crippen LogP contribution in [0.4, 0.5) is 5.69 Å². The third-order valence-corrected chi connectivity index (χ3v) is 3.81. The zero-order valence-corrected chi connectivity index (χ0v) is 13.8. The van der Waals surface area contributed by atoms with Crippen molar-refractivity contribution in [1.29, 1.82) is 0 Å². The molecule has 0 aliphatic rings. The van der Waals surface area contributed by atoms with Crippen molar-refractivity contribution in [2.45, 2.75) is 0 Å². The number of benzene rings is 2. The van der Waals surface area contributed by atoms with Gasteiger partial charge in [-0.2, -0.15) is 0 Å². The molecule has 0 bridgehead atoms. The Morgan fingerprint density at radius 3 is 2.55 bits per heavy atom. The molecule has 0 aromatic heterocycles. The maximum Gasteiger partial charge on any atom is 0.262 e. The zero-order chi connectivity index (χ0) is 16.1. The molecule has 1 N–H and O–H groups in total. The predicted molar refractivity (Wildman–Crippen MR) is 88.6 cm³/mol. The van der Waals surface area contributed by atoms with Crippen molar-refractivity contribution < 1.29 is 14.3 Å². The van der Waals surface area contributed by atoms with E-state index < -0.39 is 0 Å². The Morgan fingerprint density at radius 2 is 1.86 bits per heavy atom. The van der Waals surface area contributed by atoms with Crippen molar-refractivity contribution in [1.82, 2.24) is 0 Å². The van der Waals surface area contributed by atoms with Crippen LogP contribution in [0.1, 0.15) is 0 Å². The molecule has 2 aromatic carbocycles. The highest BCUT2D eigenvalue weighted by Gasteiger charge is 2.09. The Kier molecular flexibility index (Phi) is 5.77. The molecular weight excluding hydrogens is 349 g/mol. The number of hydrogen-bond acceptors (Lipinski definition) is 3. The molecule has 0 aliphatic carbocycles. The first-order valence-electron chi connectivity index (χ1n) is 6.21. The van der Waals surface area contributed by atoms with E-state index in [2.05, 4.69) is 5.32 Å². The van der Waals surface area contributed by atoms with E-state index in [0.717, 1.165) is 0 Å². The molecule has 0 saturated carbocycles. The largest absolute Gasteiger partial charge is 0.495 e. The first-order chi connectivity index (χ1) is 10.5. The van der Waals surface area contributed by atoms with Gasteiger partial charge >= 0.3 is 0 Å². The van der Waals surface area contributed by atoms with Crippen LogP contribution in [-0.2, 0) is 4.79 Å². The lowest BCUT2D eigenvalue weighted by molar-refractivity contribution is -0.118. The van der Waals surface area contributed by atoms with Crippen molar-refractivity contribution in [3.8, 4) is 11.5 Å². The van der Waals surface area contributed by atoms with E-state index >= 15 is 0 Å². The molecule has 2 rings (SSSR count). The fourth-order valence-electron chi connectivity index (χ4n) is 1.68. The van der Waals surface area contributed by atoms with Crippen molar-refractivity contribution >= 4 is 46.4 Å². The van der Waals surface area contributed by atoms with Crippen LogP contribution in [0.5, 0.6) is 11.5 Å². The Labute approximate surface area is 142 Å². The molecule has 0 fully saturated rings. The van der Waals surface area contributed by atoms with Crippen LogP contribution in [-0.4, -0.2) is 19.6 Å². The lowest BCUT2D eigenvalue weighted by Gasteiger charge is -2.10. The summed E-state index contributed by atoms with van der Waals surface area (Å²) in [7, 11) is 1.52. The summed E-state index contributed by atoms with van der Waals surface area (Å²) in [5, 5.41) is 3.69. The van der Waals surface area contributed by atoms with Gasteiger partial charge in [-0.3, -0.25) is 4.79 Å². The van der Waals surface area contributed by atoms with Crippen LogP contribution in [0.2, 0.25) is 15.1 Å². The molecule has 7 heteroatoms. The van der Waals surface area contributed by atoms with E-state index in [1.54, 1.807) is 36.4 Å². The number of hydrogen-bond donors (Lipinski definition) is 1. The minimum Gasteiger partial charge on any atom is -0.495 e. The van der Waals surface area contributed by atoms with Gasteiger partial charge in [0.15, 0.2) is 6.61 Å². The van der Waals surface area contributed by atoms with Gasteiger partial charge in [0, 0.05) is 5.69 Å². The van der Waals surface area contributed by atoms with Crippen LogP contribution in [0.3, 0.4) is 0 Å². The lowest BCUT2D eigenvalue weighted by Crippen LogP contribution is -2.20. The number of anilines is 1. The number of carbonyl (C=O) groups is 1. The summed E-state index contributed by atoms with van der Waals surface area (Å²) < 4.78 is 10.4. The molecule has 1 amide bonds. The van der Waals surface area contributed by atoms with E-state index in [0.29, 0.717) is 27.2 Å². The fourth-order valence-corrected chi connectivity index (χ4v) is 2.28. The topological polar surface area (TPSA) is 47.6 Å². The molecular formula is C15H12Cl3NO3. The van der Waals surface area contributed by atoms with E-state index in [9.17, 15) is 4.79 Å². The van der Waals surface area contributed by atoms with Crippen LogP contribution in [0.25, 0.3) is 0 Å². The predicted octanol–water partition coefficient (Wildman–Crippen LogP) is 4.67. The molecule has 0 saturated heterocycles. The van der Waals surface area contributed by atoms with E-state index in [-0.39, 0.29) is 17.5 Å². The Hall–Kier alpha value is -1.62. The number of carbonyl (C=O) groups excluding carboxylic acids is 1. The summed E-state index contributed by atoms with van der Waals surface area (Å²) in [6, 6.07) is 9.87. The third kappa shape index (κ3) is 4.19. The second-order valence-corrected chi connectivity index (χ2v) is 5.43. The molecule has 116 valence electrons. The second-order valence-electron chi connectivity index (χ2n) is 4.24. The quantitative estimate of drug-likeness (QED) is 0.842. The van der Waals surface area contributed by atoms with Crippen LogP contribution in [0.15, 0.2) is 36.4 Å². The number of ether oxygens (including phenoxy) is 2. The average molecular weight is 361 g/mol. The van der Waals surface area contributed by atoms with E-state index in [1.807, 2.05) is 0 Å². The van der Waals surface area contributed by atoms with Crippen molar-refractivity contribution in [3.05, 3.63) is 51.5 Å². The number of halogens is 3. The molecule has 22 heavy (non-hydrogen) atoms. The number of rotatable bonds is 5. The molecule has 0 aliphatic heterocycles. The summed E-state index contributed by atoms with van der Waals surface area (Å²) in [6.45, 7) is -0.205. The van der Waals surface area contributed by atoms with Crippen LogP contribution < -0.4 is 14.8 Å². The number of amides is 1. The molecule has 0 heterocycles. The maximum atomic E-state index is 11.9. The normalized spacial score (nSPS) is 10.2. The lowest BCUT2D eigenvalue weighted by atomic mass is 10.3. The van der Waals surface area contributed by atoms with Crippen molar-refractivity contribution in [2.24, 2.45) is 0 Å². The van der Waals surface area contributed by atoms with Gasteiger partial charge in [-0.15, -0.1) is 0 Å². The molecule has 0 radical (unpaired) electrons. The van der Waals surface area contributed by atoms with Gasteiger partial charge in [0.25, 0.3) is 5.91 Å². The standard InChI is InChI=1S/C15H12Cl3NO3/c1-21-12-6-5-9(7-11(12)17)19-14(20)8-22-13-4-2-3-10(16)15(13)18/h2-7H,8H2,1H3,(H,19,20). The maximum absolute atomic E-state index is 11.9. The van der Waals surface area contributed by atoms with Crippen LogP contribution >= 0.6 is 34.8 Å². The van der Waals surface area contributed by atoms with Gasteiger partial charge in [-0.05, 0) is 30.3 Å². The summed E-state index contributed by atoms with van der Waals surface area (Å²) in [4.78, 5) is 11.9. The molecule has 0 atom stereocenters. The minimum atomic E-state index is -0.350. The van der Waals surface area contributed by atoms with E-state index in [1.165, 1.54) is 7.11 Å². The smallest absolute Gasteiger partial charge is 0.262 e. The SMILES string of the molecule is COc1ccc(NC(=O)COc2cccc(Cl)c2Cl)cc1Cl. The van der Waals surface area contributed by atoms with Gasteiger partial charge in [0.1, 0.15) is 16.5 Å². The number of methoxy groups -OCH3 is 1. The molecule has 0 unspecified atom stereocenters. The fraction of sp³-hybridized carbons (Fsp3) is 0.133. The summed E-state index contributed by atoms with van der Waals surface area (Å²) >= 11 is 17.8. The Bertz CT molecular complexity index is 692. The van der Waals surface area contributed by atoms with Crippen LogP contribution in [0, 0.1) is 0 Å². The van der Waals surface area contributed by atoms with Gasteiger partial charge in [0.2, 0.25) is 0 Å². The Balaban J connectivity index is 1.96.